The number of benzene rings is 1. The van der Waals surface area contributed by atoms with Crippen molar-refractivity contribution in [2.24, 2.45) is 11.8 Å². The van der Waals surface area contributed by atoms with E-state index in [1.165, 1.54) is 32.2 Å². The maximum atomic E-state index is 12.2. The molecule has 4 heteroatoms. The summed E-state index contributed by atoms with van der Waals surface area (Å²) in [5.41, 5.74) is 1.04. The van der Waals surface area contributed by atoms with Gasteiger partial charge in [-0.25, -0.2) is 4.79 Å². The number of hydrogen-bond acceptors (Lipinski definition) is 3. The first-order valence-electron chi connectivity index (χ1n) is 9.38. The Hall–Kier alpha value is -1.55. The van der Waals surface area contributed by atoms with Crippen LogP contribution in [-0.4, -0.2) is 48.6 Å². The molecule has 2 fully saturated rings. The Morgan fingerprint density at radius 2 is 1.88 bits per heavy atom. The quantitative estimate of drug-likeness (QED) is 0.842. The van der Waals surface area contributed by atoms with E-state index in [0.29, 0.717) is 6.61 Å². The number of nitrogens with zero attached hydrogens (tertiary/aromatic N) is 2. The van der Waals surface area contributed by atoms with Crippen LogP contribution in [0.25, 0.3) is 0 Å². The molecule has 0 radical (unpaired) electrons. The first kappa shape index (κ1) is 17.3. The van der Waals surface area contributed by atoms with Crippen LogP contribution >= 0.6 is 0 Å². The largest absolute Gasteiger partial charge is 0.445 e. The fourth-order valence-corrected chi connectivity index (χ4v) is 4.01. The van der Waals surface area contributed by atoms with E-state index in [-0.39, 0.29) is 6.09 Å². The molecule has 0 bridgehead atoms. The van der Waals surface area contributed by atoms with Gasteiger partial charge in [0.2, 0.25) is 0 Å². The fraction of sp³-hybridized carbons (Fsp3) is 0.650. The molecule has 0 aromatic heterocycles. The Bertz CT molecular complexity index is 512. The topological polar surface area (TPSA) is 32.8 Å². The Labute approximate surface area is 145 Å². The lowest BCUT2D eigenvalue weighted by Gasteiger charge is -2.37. The predicted octanol–water partition coefficient (Wildman–Crippen LogP) is 3.77. The normalized spacial score (nSPS) is 25.5. The van der Waals surface area contributed by atoms with E-state index in [4.69, 9.17) is 4.74 Å². The summed E-state index contributed by atoms with van der Waals surface area (Å²) in [5.74, 6) is 1.74. The minimum atomic E-state index is -0.176. The van der Waals surface area contributed by atoms with Crippen LogP contribution in [0.1, 0.15) is 38.2 Å². The molecule has 1 aromatic rings. The second-order valence-electron chi connectivity index (χ2n) is 7.47. The molecular formula is C20H30N2O2. The molecule has 1 aromatic carbocycles. The van der Waals surface area contributed by atoms with E-state index in [0.717, 1.165) is 43.6 Å². The van der Waals surface area contributed by atoms with Crippen molar-refractivity contribution in [3.8, 4) is 0 Å². The monoisotopic (exact) mass is 330 g/mol. The second-order valence-corrected chi connectivity index (χ2v) is 7.47. The van der Waals surface area contributed by atoms with Crippen LogP contribution in [0, 0.1) is 11.8 Å². The minimum Gasteiger partial charge on any atom is -0.445 e. The van der Waals surface area contributed by atoms with Gasteiger partial charge in [-0.1, -0.05) is 50.1 Å². The van der Waals surface area contributed by atoms with Crippen LogP contribution in [-0.2, 0) is 11.3 Å². The summed E-state index contributed by atoms with van der Waals surface area (Å²) in [7, 11) is 0. The van der Waals surface area contributed by atoms with E-state index < -0.39 is 0 Å². The third-order valence-corrected chi connectivity index (χ3v) is 5.40. The first-order valence-corrected chi connectivity index (χ1v) is 9.38. The number of hydrogen-bond donors (Lipinski definition) is 0. The molecule has 1 saturated carbocycles. The summed E-state index contributed by atoms with van der Waals surface area (Å²) in [4.78, 5) is 16.6. The molecule has 1 heterocycles. The van der Waals surface area contributed by atoms with Crippen LogP contribution in [0.15, 0.2) is 30.3 Å². The van der Waals surface area contributed by atoms with Gasteiger partial charge in [-0.3, -0.25) is 4.90 Å². The standard InChI is InChI=1S/C20H30N2O2/c1-17-6-5-9-19(14-17)15-21-10-12-22(13-11-21)20(23)24-16-18-7-3-2-4-8-18/h2-4,7-8,17,19H,5-6,9-16H2,1H3/t17-,19+/m1/s1. The van der Waals surface area contributed by atoms with E-state index in [9.17, 15) is 4.79 Å². The molecule has 1 aliphatic carbocycles. The molecule has 0 N–H and O–H groups in total. The Morgan fingerprint density at radius 1 is 1.12 bits per heavy atom. The molecule has 0 unspecified atom stereocenters. The van der Waals surface area contributed by atoms with Gasteiger partial charge in [-0.2, -0.15) is 0 Å². The van der Waals surface area contributed by atoms with Crippen molar-refractivity contribution in [3.05, 3.63) is 35.9 Å². The smallest absolute Gasteiger partial charge is 0.410 e. The van der Waals surface area contributed by atoms with E-state index in [2.05, 4.69) is 11.8 Å². The Kier molecular flexibility index (Phi) is 6.13. The van der Waals surface area contributed by atoms with E-state index >= 15 is 0 Å². The van der Waals surface area contributed by atoms with Gasteiger partial charge in [0.15, 0.2) is 0 Å². The van der Waals surface area contributed by atoms with Gasteiger partial charge in [0.25, 0.3) is 0 Å². The zero-order valence-electron chi connectivity index (χ0n) is 14.8. The molecule has 24 heavy (non-hydrogen) atoms. The van der Waals surface area contributed by atoms with Crippen molar-refractivity contribution in [1.82, 2.24) is 9.80 Å². The molecule has 2 atom stereocenters. The zero-order chi connectivity index (χ0) is 16.8. The average molecular weight is 330 g/mol. The lowest BCUT2D eigenvalue weighted by molar-refractivity contribution is 0.0645. The zero-order valence-corrected chi connectivity index (χ0v) is 14.8. The number of piperazine rings is 1. The summed E-state index contributed by atoms with van der Waals surface area (Å²) >= 11 is 0. The van der Waals surface area contributed by atoms with Crippen molar-refractivity contribution in [2.45, 2.75) is 39.2 Å². The van der Waals surface area contributed by atoms with Gasteiger partial charge in [-0.05, 0) is 30.2 Å². The lowest BCUT2D eigenvalue weighted by atomic mass is 9.82. The van der Waals surface area contributed by atoms with Gasteiger partial charge in [-0.15, -0.1) is 0 Å². The lowest BCUT2D eigenvalue weighted by Crippen LogP contribution is -2.50. The fourth-order valence-electron chi connectivity index (χ4n) is 4.01. The third-order valence-electron chi connectivity index (χ3n) is 5.40. The molecule has 132 valence electrons. The second kappa shape index (κ2) is 8.52. The number of carbonyl (C=O) groups is 1. The van der Waals surface area contributed by atoms with Crippen molar-refractivity contribution >= 4 is 6.09 Å². The van der Waals surface area contributed by atoms with E-state index in [1.807, 2.05) is 35.2 Å². The summed E-state index contributed by atoms with van der Waals surface area (Å²) in [5, 5.41) is 0. The summed E-state index contributed by atoms with van der Waals surface area (Å²) in [6.45, 7) is 7.48. The average Bonchev–Trinajstić information content (AvgIpc) is 2.61. The summed E-state index contributed by atoms with van der Waals surface area (Å²) < 4.78 is 5.44. The van der Waals surface area contributed by atoms with E-state index in [1.54, 1.807) is 0 Å². The highest BCUT2D eigenvalue weighted by Crippen LogP contribution is 2.29. The van der Waals surface area contributed by atoms with Crippen LogP contribution in [0.5, 0.6) is 0 Å². The molecule has 4 nitrogen and oxygen atoms in total. The van der Waals surface area contributed by atoms with Gasteiger partial charge in [0.1, 0.15) is 6.61 Å². The summed E-state index contributed by atoms with van der Waals surface area (Å²) in [6.07, 6.45) is 5.36. The molecule has 1 aliphatic heterocycles. The highest BCUT2D eigenvalue weighted by molar-refractivity contribution is 5.67. The third kappa shape index (κ3) is 4.97. The predicted molar refractivity (Wildman–Crippen MR) is 95.8 cm³/mol. The van der Waals surface area contributed by atoms with Crippen LogP contribution in [0.4, 0.5) is 4.79 Å². The van der Waals surface area contributed by atoms with Crippen LogP contribution < -0.4 is 0 Å². The molecule has 1 amide bonds. The first-order chi connectivity index (χ1) is 11.7. The van der Waals surface area contributed by atoms with Crippen molar-refractivity contribution in [1.29, 1.82) is 0 Å². The van der Waals surface area contributed by atoms with Crippen molar-refractivity contribution in [2.75, 3.05) is 32.7 Å². The SMILES string of the molecule is C[C@@H]1CCC[C@H](CN2CCN(C(=O)OCc3ccccc3)CC2)C1. The van der Waals surface area contributed by atoms with Crippen LogP contribution in [0.2, 0.25) is 0 Å². The van der Waals surface area contributed by atoms with Crippen LogP contribution in [0.3, 0.4) is 0 Å². The molecule has 0 spiro atoms. The number of carbonyl (C=O) groups excluding carboxylic acids is 1. The number of amides is 1. The van der Waals surface area contributed by atoms with Gasteiger partial charge in [0.05, 0.1) is 0 Å². The molecule has 2 aliphatic rings. The van der Waals surface area contributed by atoms with Gasteiger partial charge < -0.3 is 9.64 Å². The minimum absolute atomic E-state index is 0.176. The maximum absolute atomic E-state index is 12.2. The van der Waals surface area contributed by atoms with Crippen molar-refractivity contribution in [3.63, 3.8) is 0 Å². The molecular weight excluding hydrogens is 300 g/mol. The summed E-state index contributed by atoms with van der Waals surface area (Å²) in [6, 6.07) is 9.87. The molecule has 1 saturated heterocycles. The maximum Gasteiger partial charge on any atom is 0.410 e. The Morgan fingerprint density at radius 3 is 2.58 bits per heavy atom. The number of rotatable bonds is 4. The highest BCUT2D eigenvalue weighted by atomic mass is 16.6. The molecule has 3 rings (SSSR count). The van der Waals surface area contributed by atoms with Gasteiger partial charge >= 0.3 is 6.09 Å². The van der Waals surface area contributed by atoms with Gasteiger partial charge in [0, 0.05) is 32.7 Å². The highest BCUT2D eigenvalue weighted by Gasteiger charge is 2.26. The Balaban J connectivity index is 1.37. The van der Waals surface area contributed by atoms with Crippen molar-refractivity contribution < 1.29 is 9.53 Å². The number of ether oxygens (including phenoxy) is 1.